The number of aliphatic carboxylic acids is 1. The summed E-state index contributed by atoms with van der Waals surface area (Å²) in [4.78, 5) is 24.6. The Labute approximate surface area is 115 Å². The highest BCUT2D eigenvalue weighted by atomic mass is 35.5. The molecule has 0 bridgehead atoms. The van der Waals surface area contributed by atoms with Crippen molar-refractivity contribution < 1.29 is 19.4 Å². The van der Waals surface area contributed by atoms with E-state index in [0.717, 1.165) is 0 Å². The molecule has 1 aliphatic rings. The Bertz CT molecular complexity index is 503. The number of benzene rings is 1. The number of nitrogens with zero attached hydrogens (tertiary/aromatic N) is 1. The summed E-state index contributed by atoms with van der Waals surface area (Å²) in [5.41, 5.74) is 0.662. The van der Waals surface area contributed by atoms with Crippen LogP contribution in [0.4, 0.5) is 0 Å². The maximum atomic E-state index is 11.8. The molecule has 2 rings (SSSR count). The fraction of sp³-hybridized carbons (Fsp3) is 0.385. The first-order valence-corrected chi connectivity index (χ1v) is 6.31. The van der Waals surface area contributed by atoms with Gasteiger partial charge in [-0.25, -0.2) is 4.79 Å². The molecule has 1 heterocycles. The van der Waals surface area contributed by atoms with Gasteiger partial charge < -0.3 is 14.7 Å². The van der Waals surface area contributed by atoms with E-state index in [4.69, 9.17) is 16.3 Å². The van der Waals surface area contributed by atoms with Crippen LogP contribution < -0.4 is 0 Å². The highest BCUT2D eigenvalue weighted by molar-refractivity contribution is 6.30. The van der Waals surface area contributed by atoms with Crippen LogP contribution in [0.25, 0.3) is 0 Å². The van der Waals surface area contributed by atoms with E-state index in [1.165, 1.54) is 4.90 Å². The van der Waals surface area contributed by atoms with E-state index in [-0.39, 0.29) is 12.5 Å². The lowest BCUT2D eigenvalue weighted by atomic mass is 9.98. The number of carbonyl (C=O) groups excluding carboxylic acids is 1. The van der Waals surface area contributed by atoms with Gasteiger partial charge in [-0.1, -0.05) is 23.7 Å². The fourth-order valence-electron chi connectivity index (χ4n) is 2.28. The second-order valence-electron chi connectivity index (χ2n) is 4.25. The van der Waals surface area contributed by atoms with Crippen LogP contribution >= 0.6 is 11.6 Å². The molecule has 102 valence electrons. The maximum absolute atomic E-state index is 11.8. The van der Waals surface area contributed by atoms with Crippen LogP contribution in [-0.4, -0.2) is 41.1 Å². The molecule has 0 spiro atoms. The summed E-state index contributed by atoms with van der Waals surface area (Å²) in [5, 5.41) is 9.74. The third-order valence-corrected chi connectivity index (χ3v) is 3.34. The van der Waals surface area contributed by atoms with Crippen molar-refractivity contribution in [1.29, 1.82) is 0 Å². The lowest BCUT2D eigenvalue weighted by molar-refractivity contribution is -0.172. The zero-order valence-electron chi connectivity index (χ0n) is 10.4. The number of carboxylic acid groups (broad SMARTS) is 1. The number of hydrogen-bond donors (Lipinski definition) is 1. The Balaban J connectivity index is 2.44. The molecule has 6 heteroatoms. The number of hydrogen-bond acceptors (Lipinski definition) is 3. The van der Waals surface area contributed by atoms with Gasteiger partial charge in [0.1, 0.15) is 6.61 Å². The van der Waals surface area contributed by atoms with E-state index in [1.54, 1.807) is 31.2 Å². The molecule has 1 fully saturated rings. The van der Waals surface area contributed by atoms with Crippen molar-refractivity contribution in [3.05, 3.63) is 34.9 Å². The van der Waals surface area contributed by atoms with E-state index >= 15 is 0 Å². The number of carboxylic acids is 1. The molecule has 1 aliphatic heterocycles. The SMILES string of the molecule is CCN1C(=O)COC(C(=O)O)C1c1cccc(Cl)c1. The van der Waals surface area contributed by atoms with E-state index in [9.17, 15) is 14.7 Å². The van der Waals surface area contributed by atoms with Crippen molar-refractivity contribution in [2.45, 2.75) is 19.1 Å². The molecule has 1 N–H and O–H groups in total. The molecule has 1 amide bonds. The zero-order chi connectivity index (χ0) is 14.0. The summed E-state index contributed by atoms with van der Waals surface area (Å²) in [6.07, 6.45) is -1.07. The highest BCUT2D eigenvalue weighted by Crippen LogP contribution is 2.31. The quantitative estimate of drug-likeness (QED) is 0.917. The number of halogens is 1. The smallest absolute Gasteiger partial charge is 0.335 e. The minimum Gasteiger partial charge on any atom is -0.479 e. The van der Waals surface area contributed by atoms with Crippen LogP contribution in [0.5, 0.6) is 0 Å². The van der Waals surface area contributed by atoms with E-state index in [0.29, 0.717) is 17.1 Å². The van der Waals surface area contributed by atoms with Crippen molar-refractivity contribution in [2.24, 2.45) is 0 Å². The number of morpholine rings is 1. The van der Waals surface area contributed by atoms with Crippen LogP contribution in [-0.2, 0) is 14.3 Å². The maximum Gasteiger partial charge on any atom is 0.335 e. The predicted molar refractivity (Wildman–Crippen MR) is 69.0 cm³/mol. The predicted octanol–water partition coefficient (Wildman–Crippen LogP) is 1.71. The van der Waals surface area contributed by atoms with Crippen molar-refractivity contribution in [2.75, 3.05) is 13.2 Å². The van der Waals surface area contributed by atoms with Gasteiger partial charge in [-0.2, -0.15) is 0 Å². The van der Waals surface area contributed by atoms with Crippen LogP contribution in [0, 0.1) is 0 Å². The van der Waals surface area contributed by atoms with Gasteiger partial charge in [0, 0.05) is 11.6 Å². The van der Waals surface area contributed by atoms with E-state index < -0.39 is 18.1 Å². The van der Waals surface area contributed by atoms with E-state index in [1.807, 2.05) is 0 Å². The molecule has 1 aromatic carbocycles. The van der Waals surface area contributed by atoms with Gasteiger partial charge in [-0.15, -0.1) is 0 Å². The van der Waals surface area contributed by atoms with Gasteiger partial charge in [0.15, 0.2) is 6.10 Å². The normalized spacial score (nSPS) is 23.5. The average Bonchev–Trinajstić information content (AvgIpc) is 2.37. The van der Waals surface area contributed by atoms with E-state index in [2.05, 4.69) is 0 Å². The molecule has 19 heavy (non-hydrogen) atoms. The van der Waals surface area contributed by atoms with Gasteiger partial charge in [0.2, 0.25) is 5.91 Å². The molecule has 2 unspecified atom stereocenters. The summed E-state index contributed by atoms with van der Waals surface area (Å²) in [5.74, 6) is -1.30. The first kappa shape index (κ1) is 13.8. The number of likely N-dealkylation sites (N-methyl/N-ethyl adjacent to an activating group) is 1. The topological polar surface area (TPSA) is 66.8 Å². The summed E-state index contributed by atoms with van der Waals surface area (Å²) in [7, 11) is 0. The second kappa shape index (κ2) is 5.59. The van der Waals surface area contributed by atoms with Gasteiger partial charge in [-0.3, -0.25) is 4.79 Å². The molecule has 5 nitrogen and oxygen atoms in total. The Kier molecular flexibility index (Phi) is 4.07. The van der Waals surface area contributed by atoms with Gasteiger partial charge in [0.25, 0.3) is 0 Å². The summed E-state index contributed by atoms with van der Waals surface area (Å²) < 4.78 is 5.16. The molecule has 1 aromatic rings. The first-order chi connectivity index (χ1) is 9.04. The minimum atomic E-state index is -1.09. The number of rotatable bonds is 3. The summed E-state index contributed by atoms with van der Waals surface area (Å²) >= 11 is 5.93. The highest BCUT2D eigenvalue weighted by Gasteiger charge is 2.41. The van der Waals surface area contributed by atoms with Crippen LogP contribution in [0.15, 0.2) is 24.3 Å². The molecule has 0 radical (unpaired) electrons. The number of amides is 1. The zero-order valence-corrected chi connectivity index (χ0v) is 11.1. The fourth-order valence-corrected chi connectivity index (χ4v) is 2.48. The lowest BCUT2D eigenvalue weighted by Crippen LogP contribution is -2.51. The van der Waals surface area contributed by atoms with Gasteiger partial charge in [0.05, 0.1) is 6.04 Å². The standard InChI is InChI=1S/C13H14ClNO4/c1-2-15-10(16)7-19-12(13(17)18)11(15)8-4-3-5-9(14)6-8/h3-6,11-12H,2,7H2,1H3,(H,17,18). The molecule has 0 aliphatic carbocycles. The summed E-state index contributed by atoms with van der Waals surface area (Å²) in [6, 6.07) is 6.18. The first-order valence-electron chi connectivity index (χ1n) is 5.94. The minimum absolute atomic E-state index is 0.206. The molecular weight excluding hydrogens is 270 g/mol. The molecule has 2 atom stereocenters. The second-order valence-corrected chi connectivity index (χ2v) is 4.69. The van der Waals surface area contributed by atoms with Crippen LogP contribution in [0.1, 0.15) is 18.5 Å². The van der Waals surface area contributed by atoms with Crippen molar-refractivity contribution in [3.63, 3.8) is 0 Å². The van der Waals surface area contributed by atoms with Crippen molar-refractivity contribution in [3.8, 4) is 0 Å². The number of ether oxygens (including phenoxy) is 1. The third-order valence-electron chi connectivity index (χ3n) is 3.10. The molecule has 0 saturated carbocycles. The lowest BCUT2D eigenvalue weighted by Gasteiger charge is -2.38. The molecule has 1 saturated heterocycles. The Hall–Kier alpha value is -1.59. The van der Waals surface area contributed by atoms with Crippen molar-refractivity contribution >= 4 is 23.5 Å². The van der Waals surface area contributed by atoms with Crippen LogP contribution in [0.2, 0.25) is 5.02 Å². The molecular formula is C13H14ClNO4. The summed E-state index contributed by atoms with van der Waals surface area (Å²) in [6.45, 7) is 2.02. The molecule has 0 aromatic heterocycles. The average molecular weight is 284 g/mol. The van der Waals surface area contributed by atoms with Gasteiger partial charge in [-0.05, 0) is 24.6 Å². The van der Waals surface area contributed by atoms with Crippen LogP contribution in [0.3, 0.4) is 0 Å². The largest absolute Gasteiger partial charge is 0.479 e. The Morgan fingerprint density at radius 3 is 2.89 bits per heavy atom. The Morgan fingerprint density at radius 2 is 2.32 bits per heavy atom. The van der Waals surface area contributed by atoms with Crippen molar-refractivity contribution in [1.82, 2.24) is 4.90 Å². The third kappa shape index (κ3) is 2.72. The Morgan fingerprint density at radius 1 is 1.58 bits per heavy atom. The van der Waals surface area contributed by atoms with Gasteiger partial charge >= 0.3 is 5.97 Å². The number of carbonyl (C=O) groups is 2. The monoisotopic (exact) mass is 283 g/mol.